The molecule has 0 unspecified atom stereocenters. The van der Waals surface area contributed by atoms with E-state index in [0.717, 1.165) is 26.2 Å². The van der Waals surface area contributed by atoms with Crippen molar-refractivity contribution >= 4 is 12.4 Å². The Hall–Kier alpha value is -0.640. The lowest BCUT2D eigenvalue weighted by atomic mass is 10.2. The van der Waals surface area contributed by atoms with Crippen LogP contribution in [0.15, 0.2) is 18.3 Å². The van der Waals surface area contributed by atoms with Crippen molar-refractivity contribution in [2.24, 2.45) is 0 Å². The van der Waals surface area contributed by atoms with Crippen LogP contribution in [-0.2, 0) is 6.54 Å². The van der Waals surface area contributed by atoms with Gasteiger partial charge >= 0.3 is 0 Å². The quantitative estimate of drug-likeness (QED) is 0.853. The van der Waals surface area contributed by atoms with Gasteiger partial charge in [-0.1, -0.05) is 6.07 Å². The molecule has 1 aliphatic rings. The fraction of sp³-hybridized carbons (Fsp3) is 0.583. The minimum absolute atomic E-state index is 0. The van der Waals surface area contributed by atoms with E-state index < -0.39 is 0 Å². The van der Waals surface area contributed by atoms with E-state index in [-0.39, 0.29) is 12.4 Å². The van der Waals surface area contributed by atoms with Crippen molar-refractivity contribution in [1.29, 1.82) is 0 Å². The maximum Gasteiger partial charge on any atom is 0.0544 e. The Morgan fingerprint density at radius 2 is 2.31 bits per heavy atom. The van der Waals surface area contributed by atoms with Gasteiger partial charge in [-0.2, -0.15) is 0 Å². The second kappa shape index (κ2) is 6.18. The van der Waals surface area contributed by atoms with Crippen LogP contribution in [0, 0.1) is 6.92 Å². The summed E-state index contributed by atoms with van der Waals surface area (Å²) in [5.74, 6) is 0. The number of halogens is 1. The summed E-state index contributed by atoms with van der Waals surface area (Å²) in [5.41, 5.74) is 2.40. The standard InChI is InChI=1S/C12H19N3.ClH/c1-10-3-4-12(14-7-10)9-15-6-5-13-8-11(15)2;/h3-4,7,11,13H,5-6,8-9H2,1-2H3;1H/t11-;/m1./s1. The molecule has 0 bridgehead atoms. The molecule has 0 aromatic carbocycles. The van der Waals surface area contributed by atoms with E-state index in [1.807, 2.05) is 6.20 Å². The molecule has 1 aliphatic heterocycles. The molecule has 2 heterocycles. The molecule has 1 N–H and O–H groups in total. The first kappa shape index (κ1) is 13.4. The Balaban J connectivity index is 0.00000128. The van der Waals surface area contributed by atoms with E-state index in [2.05, 4.69) is 41.2 Å². The average molecular weight is 242 g/mol. The summed E-state index contributed by atoms with van der Waals surface area (Å²) in [6.07, 6.45) is 1.95. The molecule has 3 nitrogen and oxygen atoms in total. The highest BCUT2D eigenvalue weighted by atomic mass is 35.5. The highest BCUT2D eigenvalue weighted by Gasteiger charge is 2.17. The molecule has 0 amide bonds. The molecule has 1 aromatic heterocycles. The number of piperazine rings is 1. The molecule has 1 fully saturated rings. The van der Waals surface area contributed by atoms with Crippen LogP contribution >= 0.6 is 12.4 Å². The monoisotopic (exact) mass is 241 g/mol. The molecule has 0 saturated carbocycles. The fourth-order valence-electron chi connectivity index (χ4n) is 1.92. The first-order valence-electron chi connectivity index (χ1n) is 5.62. The van der Waals surface area contributed by atoms with Crippen LogP contribution < -0.4 is 5.32 Å². The first-order valence-corrected chi connectivity index (χ1v) is 5.62. The summed E-state index contributed by atoms with van der Waals surface area (Å²) >= 11 is 0. The van der Waals surface area contributed by atoms with Gasteiger partial charge in [0.2, 0.25) is 0 Å². The normalized spacial score (nSPS) is 21.5. The van der Waals surface area contributed by atoms with Gasteiger partial charge in [-0.15, -0.1) is 12.4 Å². The van der Waals surface area contributed by atoms with Crippen LogP contribution in [0.4, 0.5) is 0 Å². The summed E-state index contributed by atoms with van der Waals surface area (Å²) in [7, 11) is 0. The smallest absolute Gasteiger partial charge is 0.0544 e. The number of aromatic nitrogens is 1. The Kier molecular flexibility index (Phi) is 5.19. The van der Waals surface area contributed by atoms with Gasteiger partial charge in [0, 0.05) is 38.4 Å². The summed E-state index contributed by atoms with van der Waals surface area (Å²) in [4.78, 5) is 6.93. The maximum atomic E-state index is 4.44. The lowest BCUT2D eigenvalue weighted by Crippen LogP contribution is -2.49. The van der Waals surface area contributed by atoms with Crippen LogP contribution in [0.25, 0.3) is 0 Å². The fourth-order valence-corrected chi connectivity index (χ4v) is 1.92. The number of nitrogens with one attached hydrogen (secondary N) is 1. The van der Waals surface area contributed by atoms with Gasteiger partial charge in [-0.25, -0.2) is 0 Å². The van der Waals surface area contributed by atoms with Crippen LogP contribution in [0.2, 0.25) is 0 Å². The zero-order chi connectivity index (χ0) is 10.7. The van der Waals surface area contributed by atoms with Gasteiger partial charge in [0.1, 0.15) is 0 Å². The number of hydrogen-bond donors (Lipinski definition) is 1. The zero-order valence-corrected chi connectivity index (χ0v) is 10.8. The van der Waals surface area contributed by atoms with Crippen LogP contribution in [0.5, 0.6) is 0 Å². The van der Waals surface area contributed by atoms with Gasteiger partial charge in [0.05, 0.1) is 5.69 Å². The van der Waals surface area contributed by atoms with E-state index in [4.69, 9.17) is 0 Å². The molecule has 1 aromatic rings. The van der Waals surface area contributed by atoms with Crippen molar-refractivity contribution in [3.63, 3.8) is 0 Å². The number of hydrogen-bond acceptors (Lipinski definition) is 3. The van der Waals surface area contributed by atoms with Gasteiger partial charge in [0.15, 0.2) is 0 Å². The SMILES string of the molecule is Cc1ccc(CN2CCNC[C@H]2C)nc1.Cl. The molecule has 16 heavy (non-hydrogen) atoms. The van der Waals surface area contributed by atoms with Crippen LogP contribution in [0.1, 0.15) is 18.2 Å². The summed E-state index contributed by atoms with van der Waals surface area (Å²) in [5, 5.41) is 3.40. The third-order valence-corrected chi connectivity index (χ3v) is 2.98. The highest BCUT2D eigenvalue weighted by Crippen LogP contribution is 2.08. The molecular formula is C12H20ClN3. The number of aryl methyl sites for hydroxylation is 1. The predicted octanol–water partition coefficient (Wildman–Crippen LogP) is 1.61. The summed E-state index contributed by atoms with van der Waals surface area (Å²) in [6.45, 7) is 8.62. The number of rotatable bonds is 2. The van der Waals surface area contributed by atoms with Gasteiger partial charge in [-0.3, -0.25) is 9.88 Å². The van der Waals surface area contributed by atoms with Gasteiger partial charge in [0.25, 0.3) is 0 Å². The lowest BCUT2D eigenvalue weighted by Gasteiger charge is -2.33. The third-order valence-electron chi connectivity index (χ3n) is 2.98. The van der Waals surface area contributed by atoms with Crippen molar-refractivity contribution in [3.8, 4) is 0 Å². The van der Waals surface area contributed by atoms with E-state index in [1.54, 1.807) is 0 Å². The topological polar surface area (TPSA) is 28.2 Å². The molecule has 2 rings (SSSR count). The van der Waals surface area contributed by atoms with Crippen molar-refractivity contribution in [3.05, 3.63) is 29.6 Å². The van der Waals surface area contributed by atoms with Crippen LogP contribution in [-0.4, -0.2) is 35.6 Å². The summed E-state index contributed by atoms with van der Waals surface area (Å²) < 4.78 is 0. The van der Waals surface area contributed by atoms with Gasteiger partial charge < -0.3 is 5.32 Å². The average Bonchev–Trinajstić information content (AvgIpc) is 2.25. The second-order valence-corrected chi connectivity index (χ2v) is 4.35. The number of pyridine rings is 1. The van der Waals surface area contributed by atoms with Crippen molar-refractivity contribution < 1.29 is 0 Å². The molecule has 4 heteroatoms. The molecule has 1 saturated heterocycles. The van der Waals surface area contributed by atoms with E-state index in [0.29, 0.717) is 6.04 Å². The Labute approximate surface area is 104 Å². The lowest BCUT2D eigenvalue weighted by molar-refractivity contribution is 0.164. The van der Waals surface area contributed by atoms with E-state index in [1.165, 1.54) is 11.3 Å². The molecule has 0 radical (unpaired) electrons. The first-order chi connectivity index (χ1) is 7.25. The largest absolute Gasteiger partial charge is 0.314 e. The molecule has 0 spiro atoms. The Bertz CT molecular complexity index is 313. The van der Waals surface area contributed by atoms with Crippen molar-refractivity contribution in [2.45, 2.75) is 26.4 Å². The molecule has 1 atom stereocenters. The molecule has 0 aliphatic carbocycles. The van der Waals surface area contributed by atoms with Crippen molar-refractivity contribution in [2.75, 3.05) is 19.6 Å². The van der Waals surface area contributed by atoms with E-state index >= 15 is 0 Å². The Morgan fingerprint density at radius 1 is 1.50 bits per heavy atom. The zero-order valence-electron chi connectivity index (χ0n) is 9.94. The highest BCUT2D eigenvalue weighted by molar-refractivity contribution is 5.85. The summed E-state index contributed by atoms with van der Waals surface area (Å²) in [6, 6.07) is 4.88. The molecule has 90 valence electrons. The number of nitrogens with zero attached hydrogens (tertiary/aromatic N) is 2. The Morgan fingerprint density at radius 3 is 2.94 bits per heavy atom. The van der Waals surface area contributed by atoms with Crippen molar-refractivity contribution in [1.82, 2.24) is 15.2 Å². The second-order valence-electron chi connectivity index (χ2n) is 4.35. The molecular weight excluding hydrogens is 222 g/mol. The minimum Gasteiger partial charge on any atom is -0.314 e. The predicted molar refractivity (Wildman–Crippen MR) is 69.0 cm³/mol. The van der Waals surface area contributed by atoms with Crippen LogP contribution in [0.3, 0.4) is 0 Å². The van der Waals surface area contributed by atoms with E-state index in [9.17, 15) is 0 Å². The minimum atomic E-state index is 0. The maximum absolute atomic E-state index is 4.44. The van der Waals surface area contributed by atoms with Gasteiger partial charge in [-0.05, 0) is 25.5 Å². The third kappa shape index (κ3) is 3.44.